The summed E-state index contributed by atoms with van der Waals surface area (Å²) in [6.07, 6.45) is 2.16. The molecule has 4 nitrogen and oxygen atoms in total. The number of fused-ring (bicyclic) bond motifs is 1. The van der Waals surface area contributed by atoms with Crippen molar-refractivity contribution in [2.24, 2.45) is 0 Å². The number of ketones is 1. The molecule has 1 aromatic heterocycles. The minimum atomic E-state index is -0.344. The third-order valence-electron chi connectivity index (χ3n) is 4.92. The summed E-state index contributed by atoms with van der Waals surface area (Å²) >= 11 is 2.84. The molecule has 2 aromatic carbocycles. The second kappa shape index (κ2) is 8.62. The maximum atomic E-state index is 14.2. The molecule has 0 saturated carbocycles. The van der Waals surface area contributed by atoms with Gasteiger partial charge in [-0.3, -0.25) is 9.59 Å². The zero-order valence-electron chi connectivity index (χ0n) is 16.5. The van der Waals surface area contributed by atoms with Crippen LogP contribution in [0.25, 0.3) is 10.4 Å². The highest BCUT2D eigenvalue weighted by atomic mass is 32.2. The Kier molecular flexibility index (Phi) is 5.92. The molecule has 4 rings (SSSR count). The molecule has 0 unspecified atom stereocenters. The number of Topliss-reactive ketones (excluding diaryl/α,β-unsaturated/α-hetero) is 1. The third kappa shape index (κ3) is 4.13. The summed E-state index contributed by atoms with van der Waals surface area (Å²) in [6, 6.07) is 13.9. The Bertz CT molecular complexity index is 1130. The van der Waals surface area contributed by atoms with E-state index < -0.39 is 0 Å². The van der Waals surface area contributed by atoms with E-state index in [1.54, 1.807) is 12.1 Å². The highest BCUT2D eigenvalue weighted by Gasteiger charge is 2.28. The first-order chi connectivity index (χ1) is 14.5. The maximum Gasteiger partial charge on any atom is 0.252 e. The van der Waals surface area contributed by atoms with E-state index >= 15 is 0 Å². The minimum Gasteiger partial charge on any atom is -0.487 e. The molecule has 0 saturated heterocycles. The van der Waals surface area contributed by atoms with E-state index in [0.29, 0.717) is 34.7 Å². The standard InChI is InChI=1S/C23H20FNO3S2/c1-13(26)19-7-8-21(30-19)18-11-15(24)9-14-10-16(28-22(14)18)12-25-23(27)17-5-3-4-6-20(17)29-2/h3-9,11,16H,10,12H2,1-2H3,(H,25,27)/t16-/m0/s1. The van der Waals surface area contributed by atoms with Crippen molar-refractivity contribution in [1.82, 2.24) is 5.32 Å². The molecule has 1 aliphatic heterocycles. The molecule has 7 heteroatoms. The minimum absolute atomic E-state index is 0.0219. The molecular weight excluding hydrogens is 421 g/mol. The molecular formula is C23H20FNO3S2. The molecule has 0 fully saturated rings. The molecule has 30 heavy (non-hydrogen) atoms. The van der Waals surface area contributed by atoms with Gasteiger partial charge in [-0.2, -0.15) is 0 Å². The Labute approximate surface area is 182 Å². The topological polar surface area (TPSA) is 55.4 Å². The van der Waals surface area contributed by atoms with E-state index in [0.717, 1.165) is 15.3 Å². The van der Waals surface area contributed by atoms with Crippen LogP contribution in [-0.2, 0) is 6.42 Å². The number of carbonyl (C=O) groups excluding carboxylic acids is 2. The van der Waals surface area contributed by atoms with Crippen LogP contribution in [-0.4, -0.2) is 30.6 Å². The fourth-order valence-electron chi connectivity index (χ4n) is 3.50. The molecule has 0 aliphatic carbocycles. The lowest BCUT2D eigenvalue weighted by Crippen LogP contribution is -2.34. The van der Waals surface area contributed by atoms with Crippen LogP contribution in [0.3, 0.4) is 0 Å². The Balaban J connectivity index is 1.50. The normalized spacial score (nSPS) is 14.8. The monoisotopic (exact) mass is 441 g/mol. The van der Waals surface area contributed by atoms with Crippen molar-refractivity contribution >= 4 is 34.8 Å². The van der Waals surface area contributed by atoms with Crippen molar-refractivity contribution in [1.29, 1.82) is 0 Å². The third-order valence-corrected chi connectivity index (χ3v) is 6.94. The van der Waals surface area contributed by atoms with Crippen LogP contribution in [0, 0.1) is 5.82 Å². The van der Waals surface area contributed by atoms with Crippen molar-refractivity contribution in [3.8, 4) is 16.2 Å². The molecule has 2 heterocycles. The smallest absolute Gasteiger partial charge is 0.252 e. The molecule has 1 aliphatic rings. The van der Waals surface area contributed by atoms with Gasteiger partial charge in [0.2, 0.25) is 0 Å². The summed E-state index contributed by atoms with van der Waals surface area (Å²) < 4.78 is 20.3. The van der Waals surface area contributed by atoms with Crippen molar-refractivity contribution in [2.75, 3.05) is 12.8 Å². The average Bonchev–Trinajstić information content (AvgIpc) is 3.38. The number of hydrogen-bond donors (Lipinski definition) is 1. The lowest BCUT2D eigenvalue weighted by molar-refractivity contribution is 0.0930. The zero-order chi connectivity index (χ0) is 21.3. The number of rotatable bonds is 6. The van der Waals surface area contributed by atoms with Crippen LogP contribution >= 0.6 is 23.1 Å². The number of thiophene rings is 1. The summed E-state index contributed by atoms with van der Waals surface area (Å²) in [5, 5.41) is 2.93. The number of amides is 1. The molecule has 154 valence electrons. The van der Waals surface area contributed by atoms with Gasteiger partial charge in [-0.15, -0.1) is 23.1 Å². The summed E-state index contributed by atoms with van der Waals surface area (Å²) in [5.74, 6) is 0.0995. The highest BCUT2D eigenvalue weighted by molar-refractivity contribution is 7.98. The SMILES string of the molecule is CSc1ccccc1C(=O)NC[C@@H]1Cc2cc(F)cc(-c3ccc(C(C)=O)s3)c2O1. The van der Waals surface area contributed by atoms with E-state index in [-0.39, 0.29) is 23.6 Å². The predicted octanol–water partition coefficient (Wildman–Crippen LogP) is 5.21. The van der Waals surface area contributed by atoms with E-state index in [9.17, 15) is 14.0 Å². The molecule has 3 aromatic rings. The summed E-state index contributed by atoms with van der Waals surface area (Å²) in [6.45, 7) is 1.83. The van der Waals surface area contributed by atoms with Crippen molar-refractivity contribution in [2.45, 2.75) is 24.3 Å². The molecule has 0 bridgehead atoms. The van der Waals surface area contributed by atoms with Crippen LogP contribution in [0.1, 0.15) is 32.5 Å². The Morgan fingerprint density at radius 1 is 1.23 bits per heavy atom. The van der Waals surface area contributed by atoms with Crippen molar-refractivity contribution < 1.29 is 18.7 Å². The number of benzene rings is 2. The van der Waals surface area contributed by atoms with Gasteiger partial charge in [0.05, 0.1) is 17.0 Å². The van der Waals surface area contributed by atoms with Crippen LogP contribution in [0.5, 0.6) is 5.75 Å². The molecule has 1 N–H and O–H groups in total. The van der Waals surface area contributed by atoms with Gasteiger partial charge in [-0.05, 0) is 49.6 Å². The van der Waals surface area contributed by atoms with Crippen LogP contribution in [0.2, 0.25) is 0 Å². The van der Waals surface area contributed by atoms with E-state index in [4.69, 9.17) is 4.74 Å². The Morgan fingerprint density at radius 3 is 2.77 bits per heavy atom. The van der Waals surface area contributed by atoms with Gasteiger partial charge in [0.1, 0.15) is 17.7 Å². The number of ether oxygens (including phenoxy) is 1. The van der Waals surface area contributed by atoms with E-state index in [1.165, 1.54) is 42.2 Å². The van der Waals surface area contributed by atoms with Gasteiger partial charge in [0.15, 0.2) is 5.78 Å². The lowest BCUT2D eigenvalue weighted by atomic mass is 10.0. The van der Waals surface area contributed by atoms with Crippen LogP contribution in [0.15, 0.2) is 53.4 Å². The quantitative estimate of drug-likeness (QED) is 0.421. The molecule has 1 amide bonds. The number of hydrogen-bond acceptors (Lipinski definition) is 5. The first-order valence-corrected chi connectivity index (χ1v) is 11.5. The number of nitrogens with one attached hydrogen (secondary N) is 1. The second-order valence-corrected chi connectivity index (χ2v) is 8.95. The molecule has 0 spiro atoms. The predicted molar refractivity (Wildman–Crippen MR) is 118 cm³/mol. The van der Waals surface area contributed by atoms with Gasteiger partial charge in [-0.1, -0.05) is 12.1 Å². The fraction of sp³-hybridized carbons (Fsp3) is 0.217. The van der Waals surface area contributed by atoms with E-state index in [2.05, 4.69) is 5.32 Å². The summed E-state index contributed by atoms with van der Waals surface area (Å²) in [4.78, 5) is 26.5. The molecule has 1 atom stereocenters. The first-order valence-electron chi connectivity index (χ1n) is 9.47. The Hall–Kier alpha value is -2.64. The molecule has 0 radical (unpaired) electrons. The fourth-order valence-corrected chi connectivity index (χ4v) is 5.01. The summed E-state index contributed by atoms with van der Waals surface area (Å²) in [5.41, 5.74) is 2.04. The van der Waals surface area contributed by atoms with Gasteiger partial charge in [0, 0.05) is 27.3 Å². The number of halogens is 1. The van der Waals surface area contributed by atoms with Crippen molar-refractivity contribution in [3.63, 3.8) is 0 Å². The van der Waals surface area contributed by atoms with Gasteiger partial charge in [0.25, 0.3) is 5.91 Å². The second-order valence-electron chi connectivity index (χ2n) is 7.02. The lowest BCUT2D eigenvalue weighted by Gasteiger charge is -2.14. The number of thioether (sulfide) groups is 1. The van der Waals surface area contributed by atoms with Crippen molar-refractivity contribution in [3.05, 3.63) is 70.4 Å². The van der Waals surface area contributed by atoms with E-state index in [1.807, 2.05) is 30.5 Å². The van der Waals surface area contributed by atoms with Crippen LogP contribution in [0.4, 0.5) is 4.39 Å². The number of carbonyl (C=O) groups is 2. The highest BCUT2D eigenvalue weighted by Crippen LogP contribution is 2.42. The maximum absolute atomic E-state index is 14.2. The first kappa shape index (κ1) is 20.6. The summed E-state index contributed by atoms with van der Waals surface area (Å²) in [7, 11) is 0. The average molecular weight is 442 g/mol. The van der Waals surface area contributed by atoms with Gasteiger partial charge >= 0.3 is 0 Å². The van der Waals surface area contributed by atoms with Gasteiger partial charge in [-0.25, -0.2) is 4.39 Å². The largest absolute Gasteiger partial charge is 0.487 e. The Morgan fingerprint density at radius 2 is 2.03 bits per heavy atom. The zero-order valence-corrected chi connectivity index (χ0v) is 18.2. The van der Waals surface area contributed by atoms with Gasteiger partial charge < -0.3 is 10.1 Å². The van der Waals surface area contributed by atoms with Crippen LogP contribution < -0.4 is 10.1 Å².